The number of likely N-dealkylation sites (tertiary alicyclic amines) is 1. The van der Waals surface area contributed by atoms with Crippen LogP contribution in [0.4, 0.5) is 4.79 Å². The summed E-state index contributed by atoms with van der Waals surface area (Å²) in [5, 5.41) is 20.8. The van der Waals surface area contributed by atoms with Crippen molar-refractivity contribution in [3.63, 3.8) is 0 Å². The summed E-state index contributed by atoms with van der Waals surface area (Å²) >= 11 is 0. The first-order valence-electron chi connectivity index (χ1n) is 5.06. The number of amides is 2. The fraction of sp³-hybridized carbons (Fsp3) is 0.600. The van der Waals surface area contributed by atoms with Crippen LogP contribution in [0.3, 0.4) is 0 Å². The zero-order chi connectivity index (χ0) is 12.3. The van der Waals surface area contributed by atoms with Crippen molar-refractivity contribution in [3.8, 4) is 0 Å². The Hall–Kier alpha value is -1.56. The fourth-order valence-corrected chi connectivity index (χ4v) is 1.61. The number of rotatable bonds is 3. The van der Waals surface area contributed by atoms with Gasteiger partial charge in [-0.05, 0) is 6.92 Å². The van der Waals surface area contributed by atoms with E-state index in [1.165, 1.54) is 0 Å². The number of nitrogens with one attached hydrogen (secondary N) is 1. The Bertz CT molecular complexity index is 305. The molecule has 1 saturated heterocycles. The maximum absolute atomic E-state index is 11.7. The van der Waals surface area contributed by atoms with Crippen molar-refractivity contribution in [2.75, 3.05) is 6.54 Å². The van der Waals surface area contributed by atoms with E-state index in [9.17, 15) is 14.7 Å². The van der Waals surface area contributed by atoms with Gasteiger partial charge >= 0.3 is 12.0 Å². The van der Waals surface area contributed by atoms with Gasteiger partial charge in [0.05, 0.1) is 6.10 Å². The van der Waals surface area contributed by atoms with Crippen molar-refractivity contribution in [1.82, 2.24) is 10.2 Å². The summed E-state index contributed by atoms with van der Waals surface area (Å²) in [6.45, 7) is 5.29. The summed E-state index contributed by atoms with van der Waals surface area (Å²) in [7, 11) is 0. The molecular weight excluding hydrogens is 212 g/mol. The molecule has 1 heterocycles. The van der Waals surface area contributed by atoms with E-state index < -0.39 is 24.1 Å². The minimum Gasteiger partial charge on any atom is -0.480 e. The van der Waals surface area contributed by atoms with E-state index in [0.29, 0.717) is 0 Å². The second-order valence-corrected chi connectivity index (χ2v) is 3.87. The summed E-state index contributed by atoms with van der Waals surface area (Å²) in [5.41, 5.74) is 0. The van der Waals surface area contributed by atoms with Crippen LogP contribution in [0, 0.1) is 0 Å². The molecule has 3 N–H and O–H groups in total. The molecule has 16 heavy (non-hydrogen) atoms. The molecule has 6 nitrogen and oxygen atoms in total. The minimum atomic E-state index is -1.10. The predicted molar refractivity (Wildman–Crippen MR) is 56.9 cm³/mol. The molecule has 3 atom stereocenters. The molecule has 0 bridgehead atoms. The Labute approximate surface area is 93.5 Å². The van der Waals surface area contributed by atoms with Gasteiger partial charge in [-0.25, -0.2) is 9.59 Å². The molecule has 0 aromatic heterocycles. The van der Waals surface area contributed by atoms with Crippen LogP contribution in [0.2, 0.25) is 0 Å². The van der Waals surface area contributed by atoms with Crippen molar-refractivity contribution in [3.05, 3.63) is 12.7 Å². The average Bonchev–Trinajstić information content (AvgIpc) is 2.60. The van der Waals surface area contributed by atoms with E-state index in [2.05, 4.69) is 11.9 Å². The van der Waals surface area contributed by atoms with Gasteiger partial charge in [0.15, 0.2) is 0 Å². The van der Waals surface area contributed by atoms with Crippen molar-refractivity contribution in [2.45, 2.75) is 31.5 Å². The van der Waals surface area contributed by atoms with E-state index >= 15 is 0 Å². The lowest BCUT2D eigenvalue weighted by atomic mass is 10.2. The maximum Gasteiger partial charge on any atom is 0.326 e. The van der Waals surface area contributed by atoms with E-state index in [1.54, 1.807) is 13.0 Å². The van der Waals surface area contributed by atoms with Crippen LogP contribution in [0.5, 0.6) is 0 Å². The van der Waals surface area contributed by atoms with E-state index in [0.717, 1.165) is 4.90 Å². The highest BCUT2D eigenvalue weighted by atomic mass is 16.4. The van der Waals surface area contributed by atoms with Gasteiger partial charge in [0.25, 0.3) is 0 Å². The van der Waals surface area contributed by atoms with Crippen molar-refractivity contribution in [1.29, 1.82) is 0 Å². The van der Waals surface area contributed by atoms with Gasteiger partial charge in [0, 0.05) is 19.0 Å². The summed E-state index contributed by atoms with van der Waals surface area (Å²) in [4.78, 5) is 23.7. The number of aliphatic hydroxyl groups is 1. The molecule has 0 saturated carbocycles. The largest absolute Gasteiger partial charge is 0.480 e. The number of β-amino-alcohol motifs (C(OH)–C–C–N with tert-alkyl or cyclic N) is 1. The Balaban J connectivity index is 2.66. The lowest BCUT2D eigenvalue weighted by molar-refractivity contribution is -0.141. The van der Waals surface area contributed by atoms with E-state index in [4.69, 9.17) is 5.11 Å². The van der Waals surface area contributed by atoms with Crippen LogP contribution in [0.1, 0.15) is 13.3 Å². The van der Waals surface area contributed by atoms with Gasteiger partial charge in [0.2, 0.25) is 0 Å². The van der Waals surface area contributed by atoms with Crippen LogP contribution < -0.4 is 5.32 Å². The summed E-state index contributed by atoms with van der Waals surface area (Å²) in [5.74, 6) is -1.10. The third kappa shape index (κ3) is 2.73. The Morgan fingerprint density at radius 3 is 2.75 bits per heavy atom. The van der Waals surface area contributed by atoms with Gasteiger partial charge in [0.1, 0.15) is 6.04 Å². The molecule has 1 fully saturated rings. The quantitative estimate of drug-likeness (QED) is 0.583. The van der Waals surface area contributed by atoms with Gasteiger partial charge in [-0.15, -0.1) is 6.58 Å². The Morgan fingerprint density at radius 1 is 1.62 bits per heavy atom. The van der Waals surface area contributed by atoms with Crippen LogP contribution in [-0.4, -0.2) is 51.8 Å². The average molecular weight is 228 g/mol. The SMILES string of the molecule is C=CC(C)NC(=O)N1CC(O)C[C@H]1C(=O)O. The Morgan fingerprint density at radius 2 is 2.25 bits per heavy atom. The number of hydrogen-bond donors (Lipinski definition) is 3. The lowest BCUT2D eigenvalue weighted by Gasteiger charge is -2.23. The van der Waals surface area contributed by atoms with Gasteiger partial charge in [-0.1, -0.05) is 6.08 Å². The second-order valence-electron chi connectivity index (χ2n) is 3.87. The zero-order valence-corrected chi connectivity index (χ0v) is 9.09. The molecule has 6 heteroatoms. The number of carbonyl (C=O) groups excluding carboxylic acids is 1. The van der Waals surface area contributed by atoms with Gasteiger partial charge in [-0.2, -0.15) is 0 Å². The molecule has 0 aromatic carbocycles. The third-order valence-electron chi connectivity index (χ3n) is 2.53. The van der Waals surface area contributed by atoms with Crippen LogP contribution in [0.15, 0.2) is 12.7 Å². The first-order valence-corrected chi connectivity index (χ1v) is 5.06. The number of nitrogens with zero attached hydrogens (tertiary/aromatic N) is 1. The molecule has 1 aliphatic rings. The molecule has 0 aliphatic carbocycles. The highest BCUT2D eigenvalue weighted by molar-refractivity contribution is 5.83. The number of aliphatic hydroxyl groups excluding tert-OH is 1. The number of carboxylic acids is 1. The molecule has 0 radical (unpaired) electrons. The normalized spacial score (nSPS) is 26.2. The molecule has 2 unspecified atom stereocenters. The fourth-order valence-electron chi connectivity index (χ4n) is 1.61. The highest BCUT2D eigenvalue weighted by Crippen LogP contribution is 2.18. The third-order valence-corrected chi connectivity index (χ3v) is 2.53. The first-order chi connectivity index (χ1) is 7.45. The van der Waals surface area contributed by atoms with Crippen molar-refractivity contribution >= 4 is 12.0 Å². The molecular formula is C10H16N2O4. The lowest BCUT2D eigenvalue weighted by Crippen LogP contribution is -2.48. The van der Waals surface area contributed by atoms with Crippen LogP contribution >= 0.6 is 0 Å². The topological polar surface area (TPSA) is 89.9 Å². The standard InChI is InChI=1S/C10H16N2O4/c1-3-6(2)11-10(16)12-5-7(13)4-8(12)9(14)15/h3,6-8,13H,1,4-5H2,2H3,(H,11,16)(H,14,15)/t6?,7?,8-/m0/s1. The maximum atomic E-state index is 11.7. The number of carbonyl (C=O) groups is 2. The molecule has 90 valence electrons. The molecule has 1 aliphatic heterocycles. The number of carboxylic acid groups (broad SMARTS) is 1. The van der Waals surface area contributed by atoms with Crippen LogP contribution in [0.25, 0.3) is 0 Å². The predicted octanol–water partition coefficient (Wildman–Crippen LogP) is -0.210. The molecule has 0 spiro atoms. The second kappa shape index (κ2) is 4.98. The summed E-state index contributed by atoms with van der Waals surface area (Å²) in [6, 6.07) is -1.68. The molecule has 2 amide bonds. The monoisotopic (exact) mass is 228 g/mol. The first kappa shape index (κ1) is 12.5. The number of aliphatic carboxylic acids is 1. The van der Waals surface area contributed by atoms with Gasteiger partial charge in [-0.3, -0.25) is 0 Å². The zero-order valence-electron chi connectivity index (χ0n) is 9.09. The van der Waals surface area contributed by atoms with Gasteiger partial charge < -0.3 is 20.4 Å². The molecule has 0 aromatic rings. The number of hydrogen-bond acceptors (Lipinski definition) is 3. The summed E-state index contributed by atoms with van der Waals surface area (Å²) < 4.78 is 0. The van der Waals surface area contributed by atoms with E-state index in [-0.39, 0.29) is 19.0 Å². The number of urea groups is 1. The molecule has 1 rings (SSSR count). The highest BCUT2D eigenvalue weighted by Gasteiger charge is 2.39. The summed E-state index contributed by atoms with van der Waals surface area (Å²) in [6.07, 6.45) is 0.844. The van der Waals surface area contributed by atoms with Crippen molar-refractivity contribution in [2.24, 2.45) is 0 Å². The minimum absolute atomic E-state index is 0.0483. The van der Waals surface area contributed by atoms with E-state index in [1.807, 2.05) is 0 Å². The van der Waals surface area contributed by atoms with Crippen LogP contribution in [-0.2, 0) is 4.79 Å². The Kier molecular flexibility index (Phi) is 3.89. The van der Waals surface area contributed by atoms with Crippen molar-refractivity contribution < 1.29 is 19.8 Å². The smallest absolute Gasteiger partial charge is 0.326 e.